The molecule has 0 aliphatic rings. The molecule has 0 unspecified atom stereocenters. The highest BCUT2D eigenvalue weighted by molar-refractivity contribution is 5.52. The maximum absolute atomic E-state index is 12.4. The summed E-state index contributed by atoms with van der Waals surface area (Å²) < 4.78 is 16.7. The molecule has 4 heteroatoms. The van der Waals surface area contributed by atoms with Gasteiger partial charge in [0.2, 0.25) is 0 Å². The minimum atomic E-state index is -0.420. The zero-order valence-electron chi connectivity index (χ0n) is 4.84. The number of halogens is 1. The zero-order valence-corrected chi connectivity index (χ0v) is 4.84. The Hall–Kier alpha value is -1.19. The van der Waals surface area contributed by atoms with Gasteiger partial charge >= 0.3 is 0 Å². The fraction of sp³-hybridized carbons (Fsp3) is 0.200. The summed E-state index contributed by atoms with van der Waals surface area (Å²) in [6, 6.07) is 0. The molecular weight excluding hydrogens is 123 g/mol. The van der Waals surface area contributed by atoms with Gasteiger partial charge in [0.1, 0.15) is 5.83 Å². The maximum Gasteiger partial charge on any atom is 0.162 e. The predicted octanol–water partition coefficient (Wildman–Crippen LogP) is 1.40. The van der Waals surface area contributed by atoms with Crippen molar-refractivity contribution in [3.05, 3.63) is 18.0 Å². The molecule has 3 nitrogen and oxygen atoms in total. The van der Waals surface area contributed by atoms with E-state index >= 15 is 0 Å². The molecule has 1 rings (SSSR count). The molecule has 0 aromatic carbocycles. The van der Waals surface area contributed by atoms with Gasteiger partial charge in [-0.25, -0.2) is 4.39 Å². The average Bonchev–Trinajstić information content (AvgIpc) is 2.37. The van der Waals surface area contributed by atoms with Gasteiger partial charge in [0.05, 0.1) is 0 Å². The Kier molecular flexibility index (Phi) is 1.58. The van der Waals surface area contributed by atoms with Crippen LogP contribution in [0.5, 0.6) is 0 Å². The quantitative estimate of drug-likeness (QED) is 0.573. The van der Waals surface area contributed by atoms with Gasteiger partial charge in [0, 0.05) is 5.27 Å². The molecule has 0 amide bonds. The zero-order chi connectivity index (χ0) is 6.69. The van der Waals surface area contributed by atoms with Crippen molar-refractivity contribution in [3.8, 4) is 0 Å². The molecule has 0 radical (unpaired) electrons. The lowest BCUT2D eigenvalue weighted by Gasteiger charge is -1.80. The fourth-order valence-corrected chi connectivity index (χ4v) is 0.417. The summed E-state index contributed by atoms with van der Waals surface area (Å²) in [6.07, 6.45) is 2.44. The lowest BCUT2D eigenvalue weighted by atomic mass is 10.4. The lowest BCUT2D eigenvalue weighted by Crippen LogP contribution is -1.75. The second kappa shape index (κ2) is 2.39. The van der Waals surface area contributed by atoms with Crippen LogP contribution >= 0.6 is 0 Å². The molecule has 0 spiro atoms. The smallest absolute Gasteiger partial charge is 0.162 e. The van der Waals surface area contributed by atoms with Crippen molar-refractivity contribution in [2.75, 3.05) is 0 Å². The molecule has 0 saturated heterocycles. The van der Waals surface area contributed by atoms with Crippen LogP contribution < -0.4 is 0 Å². The SMILES string of the molecule is CC=C(F)c1conn1. The number of nitrogens with zero attached hydrogens (tertiary/aromatic N) is 2. The van der Waals surface area contributed by atoms with Crippen LogP contribution in [0.4, 0.5) is 4.39 Å². The minimum absolute atomic E-state index is 0.137. The van der Waals surface area contributed by atoms with Gasteiger partial charge < -0.3 is 4.52 Å². The maximum atomic E-state index is 12.4. The van der Waals surface area contributed by atoms with Crippen LogP contribution in [0.1, 0.15) is 12.6 Å². The third-order valence-corrected chi connectivity index (χ3v) is 0.858. The summed E-state index contributed by atoms with van der Waals surface area (Å²) in [5.74, 6) is -0.420. The number of aromatic nitrogens is 2. The monoisotopic (exact) mass is 128 g/mol. The van der Waals surface area contributed by atoms with E-state index in [0.717, 1.165) is 6.26 Å². The van der Waals surface area contributed by atoms with Crippen LogP contribution in [-0.2, 0) is 0 Å². The van der Waals surface area contributed by atoms with Crippen LogP contribution in [-0.4, -0.2) is 10.4 Å². The van der Waals surface area contributed by atoms with Crippen molar-refractivity contribution in [2.24, 2.45) is 0 Å². The van der Waals surface area contributed by atoms with Crippen LogP contribution in [0.3, 0.4) is 0 Å². The Morgan fingerprint density at radius 2 is 2.67 bits per heavy atom. The van der Waals surface area contributed by atoms with Gasteiger partial charge in [0.25, 0.3) is 0 Å². The molecule has 9 heavy (non-hydrogen) atoms. The minimum Gasteiger partial charge on any atom is -0.345 e. The van der Waals surface area contributed by atoms with Crippen LogP contribution in [0.25, 0.3) is 5.83 Å². The van der Waals surface area contributed by atoms with Gasteiger partial charge in [-0.1, -0.05) is 0 Å². The largest absolute Gasteiger partial charge is 0.345 e. The number of allylic oxidation sites excluding steroid dienone is 1. The first-order chi connectivity index (χ1) is 4.34. The van der Waals surface area contributed by atoms with Crippen molar-refractivity contribution < 1.29 is 8.91 Å². The Morgan fingerprint density at radius 1 is 1.89 bits per heavy atom. The highest BCUT2D eigenvalue weighted by Gasteiger charge is 2.00. The molecule has 0 atom stereocenters. The predicted molar refractivity (Wildman–Crippen MR) is 29.1 cm³/mol. The number of hydrogen-bond acceptors (Lipinski definition) is 3. The second-order valence-electron chi connectivity index (χ2n) is 1.43. The molecule has 0 bridgehead atoms. The summed E-state index contributed by atoms with van der Waals surface area (Å²) in [5, 5.41) is 6.41. The summed E-state index contributed by atoms with van der Waals surface area (Å²) in [6.45, 7) is 1.57. The van der Waals surface area contributed by atoms with E-state index in [1.807, 2.05) is 0 Å². The summed E-state index contributed by atoms with van der Waals surface area (Å²) >= 11 is 0. The van der Waals surface area contributed by atoms with Gasteiger partial charge in [-0.2, -0.15) is 0 Å². The highest BCUT2D eigenvalue weighted by Crippen LogP contribution is 2.10. The van der Waals surface area contributed by atoms with Crippen molar-refractivity contribution in [2.45, 2.75) is 6.92 Å². The molecule has 0 aliphatic carbocycles. The van der Waals surface area contributed by atoms with Crippen molar-refractivity contribution in [1.82, 2.24) is 10.4 Å². The Labute approximate surface area is 51.2 Å². The standard InChI is InChI=1S/C5H5FN2O/c1-2-4(6)5-3-9-8-7-5/h2-3H,1H3. The fourth-order valence-electron chi connectivity index (χ4n) is 0.417. The van der Waals surface area contributed by atoms with Crippen molar-refractivity contribution >= 4 is 5.83 Å². The van der Waals surface area contributed by atoms with E-state index in [9.17, 15) is 4.39 Å². The first kappa shape index (κ1) is 5.94. The van der Waals surface area contributed by atoms with Crippen LogP contribution in [0.2, 0.25) is 0 Å². The Morgan fingerprint density at radius 3 is 3.11 bits per heavy atom. The molecule has 1 aromatic heterocycles. The summed E-state index contributed by atoms with van der Waals surface area (Å²) in [4.78, 5) is 0. The Bertz CT molecular complexity index is 205. The van der Waals surface area contributed by atoms with E-state index in [1.54, 1.807) is 6.92 Å². The Balaban J connectivity index is 2.90. The normalized spacial score (nSPS) is 12.0. The number of rotatable bonds is 1. The molecule has 1 aromatic rings. The van der Waals surface area contributed by atoms with E-state index in [1.165, 1.54) is 6.08 Å². The molecular formula is C5H5FN2O. The van der Waals surface area contributed by atoms with Crippen molar-refractivity contribution in [3.63, 3.8) is 0 Å². The first-order valence-corrected chi connectivity index (χ1v) is 2.44. The highest BCUT2D eigenvalue weighted by atomic mass is 19.1. The third-order valence-electron chi connectivity index (χ3n) is 0.858. The third kappa shape index (κ3) is 1.13. The van der Waals surface area contributed by atoms with Crippen molar-refractivity contribution in [1.29, 1.82) is 0 Å². The van der Waals surface area contributed by atoms with Crippen LogP contribution in [0.15, 0.2) is 16.9 Å². The molecule has 48 valence electrons. The topological polar surface area (TPSA) is 38.9 Å². The van der Waals surface area contributed by atoms with E-state index in [2.05, 4.69) is 14.9 Å². The van der Waals surface area contributed by atoms with E-state index in [0.29, 0.717) is 0 Å². The van der Waals surface area contributed by atoms with Gasteiger partial charge in [-0.05, 0) is 13.0 Å². The summed E-state index contributed by atoms with van der Waals surface area (Å²) in [7, 11) is 0. The molecule has 0 fully saturated rings. The molecule has 0 saturated carbocycles. The lowest BCUT2D eigenvalue weighted by molar-refractivity contribution is 0.393. The molecule has 0 N–H and O–H groups in total. The average molecular weight is 128 g/mol. The van der Waals surface area contributed by atoms with Crippen LogP contribution in [0, 0.1) is 0 Å². The van der Waals surface area contributed by atoms with E-state index in [4.69, 9.17) is 0 Å². The van der Waals surface area contributed by atoms with Gasteiger partial charge in [0.15, 0.2) is 12.0 Å². The second-order valence-corrected chi connectivity index (χ2v) is 1.43. The van der Waals surface area contributed by atoms with Gasteiger partial charge in [-0.3, -0.25) is 0 Å². The summed E-state index contributed by atoms with van der Waals surface area (Å²) in [5.41, 5.74) is 0.137. The number of hydrogen-bond donors (Lipinski definition) is 0. The van der Waals surface area contributed by atoms with E-state index in [-0.39, 0.29) is 5.69 Å². The molecule has 1 heterocycles. The van der Waals surface area contributed by atoms with Gasteiger partial charge in [-0.15, -0.1) is 5.10 Å². The first-order valence-electron chi connectivity index (χ1n) is 2.44. The van der Waals surface area contributed by atoms with E-state index < -0.39 is 5.83 Å². The molecule has 0 aliphatic heterocycles.